The molecule has 0 unspecified atom stereocenters. The molecule has 0 heterocycles. The van der Waals surface area contributed by atoms with E-state index in [1.54, 1.807) is 0 Å². The van der Waals surface area contributed by atoms with Crippen molar-refractivity contribution in [3.05, 3.63) is 60.2 Å². The van der Waals surface area contributed by atoms with E-state index in [1.807, 2.05) is 68.4 Å². The molecule has 3 rings (SSSR count). The fourth-order valence-corrected chi connectivity index (χ4v) is 4.65. The van der Waals surface area contributed by atoms with E-state index in [4.69, 9.17) is 0 Å². The van der Waals surface area contributed by atoms with Crippen molar-refractivity contribution in [2.75, 3.05) is 0 Å². The highest BCUT2D eigenvalue weighted by Gasteiger charge is 2.44. The molecule has 7 heteroatoms. The first-order chi connectivity index (χ1) is 16.3. The zero-order chi connectivity index (χ0) is 24.7. The van der Waals surface area contributed by atoms with Crippen LogP contribution in [0.25, 0.3) is 11.1 Å². The van der Waals surface area contributed by atoms with Crippen molar-refractivity contribution in [1.82, 2.24) is 10.6 Å². The van der Waals surface area contributed by atoms with Crippen molar-refractivity contribution in [2.24, 2.45) is 5.92 Å². The van der Waals surface area contributed by atoms with Gasteiger partial charge in [0.1, 0.15) is 11.6 Å². The Morgan fingerprint density at radius 1 is 1.00 bits per heavy atom. The molecule has 6 nitrogen and oxygen atoms in total. The van der Waals surface area contributed by atoms with Crippen molar-refractivity contribution in [3.8, 4) is 11.1 Å². The Kier molecular flexibility index (Phi) is 8.78. The maximum Gasteiger partial charge on any atom is 0.326 e. The lowest BCUT2D eigenvalue weighted by atomic mass is 9.93. The molecule has 0 spiro atoms. The lowest BCUT2D eigenvalue weighted by molar-refractivity contribution is -0.143. The Morgan fingerprint density at radius 2 is 1.59 bits per heavy atom. The summed E-state index contributed by atoms with van der Waals surface area (Å²) in [4.78, 5) is 38.1. The summed E-state index contributed by atoms with van der Waals surface area (Å²) >= 11 is 4.44. The van der Waals surface area contributed by atoms with E-state index >= 15 is 0 Å². The summed E-state index contributed by atoms with van der Waals surface area (Å²) in [6, 6.07) is 16.5. The van der Waals surface area contributed by atoms with Crippen LogP contribution in [0.1, 0.15) is 51.5 Å². The lowest BCUT2D eigenvalue weighted by Crippen LogP contribution is -2.61. The highest BCUT2D eigenvalue weighted by molar-refractivity contribution is 7.81. The van der Waals surface area contributed by atoms with Crippen LogP contribution in [0, 0.1) is 5.92 Å². The van der Waals surface area contributed by atoms with Gasteiger partial charge in [-0.3, -0.25) is 9.59 Å². The number of rotatable bonds is 10. The van der Waals surface area contributed by atoms with Crippen LogP contribution in [-0.2, 0) is 20.8 Å². The molecular formula is C27H34N2O4S. The molecular weight excluding hydrogens is 448 g/mol. The molecule has 3 atom stereocenters. The van der Waals surface area contributed by atoms with Gasteiger partial charge in [-0.1, -0.05) is 87.7 Å². The monoisotopic (exact) mass is 482 g/mol. The number of thiol groups is 1. The highest BCUT2D eigenvalue weighted by atomic mass is 32.1. The van der Waals surface area contributed by atoms with Crippen LogP contribution in [0.2, 0.25) is 0 Å². The first-order valence-electron chi connectivity index (χ1n) is 11.9. The molecule has 182 valence electrons. The molecule has 2 aromatic rings. The van der Waals surface area contributed by atoms with Gasteiger partial charge in [0, 0.05) is 6.42 Å². The van der Waals surface area contributed by atoms with Gasteiger partial charge in [0.25, 0.3) is 0 Å². The Hall–Kier alpha value is -2.80. The van der Waals surface area contributed by atoms with Gasteiger partial charge < -0.3 is 15.7 Å². The van der Waals surface area contributed by atoms with Crippen molar-refractivity contribution >= 4 is 30.4 Å². The van der Waals surface area contributed by atoms with Gasteiger partial charge in [0.05, 0.1) is 5.25 Å². The van der Waals surface area contributed by atoms with Crippen molar-refractivity contribution < 1.29 is 19.5 Å². The molecule has 2 aromatic carbocycles. The molecule has 1 fully saturated rings. The minimum Gasteiger partial charge on any atom is -0.480 e. The second kappa shape index (κ2) is 11.6. The summed E-state index contributed by atoms with van der Waals surface area (Å²) in [5, 5.41) is 14.9. The number of hydrogen-bond acceptors (Lipinski definition) is 4. The predicted molar refractivity (Wildman–Crippen MR) is 137 cm³/mol. The third kappa shape index (κ3) is 6.20. The zero-order valence-corrected chi connectivity index (χ0v) is 20.7. The maximum atomic E-state index is 13.3. The van der Waals surface area contributed by atoms with Gasteiger partial charge in [0.2, 0.25) is 11.8 Å². The molecule has 0 aliphatic heterocycles. The van der Waals surface area contributed by atoms with Crippen LogP contribution >= 0.6 is 12.6 Å². The fourth-order valence-electron chi connectivity index (χ4n) is 4.37. The van der Waals surface area contributed by atoms with E-state index < -0.39 is 28.7 Å². The molecule has 0 aromatic heterocycles. The number of nitrogens with one attached hydrogen (secondary N) is 2. The van der Waals surface area contributed by atoms with E-state index in [0.717, 1.165) is 36.0 Å². The Bertz CT molecular complexity index is 987. The summed E-state index contributed by atoms with van der Waals surface area (Å²) in [5.41, 5.74) is 1.84. The van der Waals surface area contributed by atoms with Gasteiger partial charge in [-0.2, -0.15) is 12.6 Å². The number of benzene rings is 2. The molecule has 0 saturated heterocycles. The largest absolute Gasteiger partial charge is 0.480 e. The van der Waals surface area contributed by atoms with Gasteiger partial charge in [-0.25, -0.2) is 4.79 Å². The van der Waals surface area contributed by atoms with E-state index in [1.165, 1.54) is 0 Å². The molecule has 1 aliphatic carbocycles. The summed E-state index contributed by atoms with van der Waals surface area (Å²) in [6.45, 7) is 3.94. The van der Waals surface area contributed by atoms with Crippen LogP contribution in [0.3, 0.4) is 0 Å². The molecule has 34 heavy (non-hydrogen) atoms. The fraction of sp³-hybridized carbons (Fsp3) is 0.444. The quantitative estimate of drug-likeness (QED) is 0.381. The van der Waals surface area contributed by atoms with E-state index in [2.05, 4.69) is 23.3 Å². The minimum atomic E-state index is -1.10. The van der Waals surface area contributed by atoms with Gasteiger partial charge >= 0.3 is 5.97 Å². The van der Waals surface area contributed by atoms with Crippen molar-refractivity contribution in [1.29, 1.82) is 0 Å². The van der Waals surface area contributed by atoms with Crippen molar-refractivity contribution in [3.63, 3.8) is 0 Å². The third-order valence-electron chi connectivity index (χ3n) is 6.81. The molecule has 2 amide bonds. The summed E-state index contributed by atoms with van der Waals surface area (Å²) in [5.74, 6) is -1.75. The number of carbonyl (C=O) groups is 3. The number of carboxylic acid groups (broad SMARTS) is 1. The second-order valence-corrected chi connectivity index (χ2v) is 9.80. The first kappa shape index (κ1) is 25.8. The Morgan fingerprint density at radius 3 is 2.15 bits per heavy atom. The average molecular weight is 483 g/mol. The Balaban J connectivity index is 1.70. The maximum absolute atomic E-state index is 13.3. The van der Waals surface area contributed by atoms with E-state index in [-0.39, 0.29) is 18.2 Å². The number of carbonyl (C=O) groups excluding carboxylic acids is 2. The summed E-state index contributed by atoms with van der Waals surface area (Å²) < 4.78 is 0. The molecule has 1 saturated carbocycles. The smallest absolute Gasteiger partial charge is 0.326 e. The number of hydrogen-bond donors (Lipinski definition) is 4. The van der Waals surface area contributed by atoms with Crippen LogP contribution in [0.4, 0.5) is 0 Å². The average Bonchev–Trinajstić information content (AvgIpc) is 3.33. The second-order valence-electron chi connectivity index (χ2n) is 9.24. The molecule has 0 radical (unpaired) electrons. The predicted octanol–water partition coefficient (Wildman–Crippen LogP) is 4.24. The van der Waals surface area contributed by atoms with Crippen LogP contribution in [0.15, 0.2) is 54.6 Å². The normalized spacial score (nSPS) is 17.4. The topological polar surface area (TPSA) is 95.5 Å². The Labute approximate surface area is 206 Å². The van der Waals surface area contributed by atoms with Crippen LogP contribution in [0.5, 0.6) is 0 Å². The van der Waals surface area contributed by atoms with Crippen LogP contribution in [-0.4, -0.2) is 39.7 Å². The van der Waals surface area contributed by atoms with Crippen molar-refractivity contribution in [2.45, 2.75) is 69.2 Å². The number of amides is 2. The molecule has 3 N–H and O–H groups in total. The van der Waals surface area contributed by atoms with E-state index in [9.17, 15) is 19.5 Å². The van der Waals surface area contributed by atoms with E-state index in [0.29, 0.717) is 12.8 Å². The first-order valence-corrected chi connectivity index (χ1v) is 12.5. The van der Waals surface area contributed by atoms with Gasteiger partial charge in [-0.15, -0.1) is 0 Å². The number of carboxylic acids is 1. The van der Waals surface area contributed by atoms with Crippen LogP contribution < -0.4 is 10.6 Å². The summed E-state index contributed by atoms with van der Waals surface area (Å²) in [6.07, 6.45) is 3.53. The SMILES string of the molecule is CC[C@H](C)[C@H](S)C(=O)NC1(C(=O)N[C@@H](Cc2ccc(-c3ccccc3)cc2)C(=O)O)CCCC1. The van der Waals surface area contributed by atoms with Gasteiger partial charge in [-0.05, 0) is 35.4 Å². The molecule has 1 aliphatic rings. The number of aliphatic carboxylic acids is 1. The summed E-state index contributed by atoms with van der Waals surface area (Å²) in [7, 11) is 0. The minimum absolute atomic E-state index is 0.0653. The van der Waals surface area contributed by atoms with Gasteiger partial charge in [0.15, 0.2) is 0 Å². The third-order valence-corrected chi connectivity index (χ3v) is 7.55. The standard InChI is InChI=1S/C27H34N2O4S/c1-3-18(2)23(34)24(30)29-27(15-7-8-16-27)26(33)28-22(25(31)32)17-19-11-13-21(14-12-19)20-9-5-4-6-10-20/h4-6,9-14,18,22-23,34H,3,7-8,15-17H2,1-2H3,(H,28,33)(H,29,30)(H,31,32)/t18-,22-,23-/m0/s1. The molecule has 0 bridgehead atoms. The zero-order valence-electron chi connectivity index (χ0n) is 19.8. The lowest BCUT2D eigenvalue weighted by Gasteiger charge is -2.32. The highest BCUT2D eigenvalue weighted by Crippen LogP contribution is 2.31.